The van der Waals surface area contributed by atoms with Gasteiger partial charge in [0.05, 0.1) is 17.4 Å². The molecule has 7 heteroatoms. The number of anilines is 1. The number of nitrogens with two attached hydrogens (primary N) is 2. The molecular formula is C21H19FN4O2. The average Bonchev–Trinajstić information content (AvgIpc) is 3.44. The molecule has 4 rings (SSSR count). The molecule has 1 heterocycles. The number of ketones is 1. The van der Waals surface area contributed by atoms with E-state index in [1.165, 1.54) is 35.1 Å². The minimum Gasteiger partial charge on any atom is -0.383 e. The summed E-state index contributed by atoms with van der Waals surface area (Å²) in [6.45, 7) is 1.90. The quantitative estimate of drug-likeness (QED) is 0.666. The second-order valence-corrected chi connectivity index (χ2v) is 7.02. The van der Waals surface area contributed by atoms with Gasteiger partial charge in [0.15, 0.2) is 5.78 Å². The van der Waals surface area contributed by atoms with Crippen LogP contribution in [-0.2, 0) is 0 Å². The number of nitrogen functional groups attached to an aromatic ring is 1. The van der Waals surface area contributed by atoms with Crippen LogP contribution in [0.1, 0.15) is 56.2 Å². The second-order valence-electron chi connectivity index (χ2n) is 7.02. The lowest BCUT2D eigenvalue weighted by molar-refractivity contribution is 0.0997. The molecule has 142 valence electrons. The van der Waals surface area contributed by atoms with Crippen LogP contribution < -0.4 is 11.5 Å². The number of carbonyl (C=O) groups excluding carboxylic acids is 2. The Labute approximate surface area is 161 Å². The van der Waals surface area contributed by atoms with Gasteiger partial charge in [0.2, 0.25) is 5.91 Å². The van der Waals surface area contributed by atoms with Crippen molar-refractivity contribution < 1.29 is 14.0 Å². The number of hydrogen-bond donors (Lipinski definition) is 2. The lowest BCUT2D eigenvalue weighted by atomic mass is 9.97. The summed E-state index contributed by atoms with van der Waals surface area (Å²) in [5.41, 5.74) is 15.2. The molecule has 0 unspecified atom stereocenters. The molecule has 0 saturated heterocycles. The summed E-state index contributed by atoms with van der Waals surface area (Å²) >= 11 is 0. The third kappa shape index (κ3) is 2.94. The maximum absolute atomic E-state index is 13.1. The van der Waals surface area contributed by atoms with E-state index in [9.17, 15) is 14.0 Å². The van der Waals surface area contributed by atoms with Crippen LogP contribution in [0.4, 0.5) is 10.2 Å². The van der Waals surface area contributed by atoms with E-state index in [2.05, 4.69) is 5.10 Å². The predicted octanol–water partition coefficient (Wildman–Crippen LogP) is 3.11. The molecule has 1 aromatic heterocycles. The fraction of sp³-hybridized carbons (Fsp3) is 0.190. The highest BCUT2D eigenvalue weighted by Crippen LogP contribution is 2.45. The lowest BCUT2D eigenvalue weighted by Crippen LogP contribution is -2.17. The maximum atomic E-state index is 13.1. The number of rotatable bonds is 5. The summed E-state index contributed by atoms with van der Waals surface area (Å²) in [6.07, 6.45) is 3.31. The standard InChI is InChI=1S/C21H19FN4O2/c1-11-2-9-15(21(24)28)17(12-3-4-12)18(11)26-20(23)16(10-25-26)19(27)13-5-7-14(22)8-6-13/h2,5-10,12H,3-4,23H2,1H3,(H2,24,28). The topological polar surface area (TPSA) is 104 Å². The highest BCUT2D eigenvalue weighted by Gasteiger charge is 2.32. The molecule has 2 aromatic carbocycles. The first-order chi connectivity index (χ1) is 13.4. The molecule has 0 atom stereocenters. The van der Waals surface area contributed by atoms with Crippen molar-refractivity contribution in [3.63, 3.8) is 0 Å². The van der Waals surface area contributed by atoms with Crippen molar-refractivity contribution in [1.82, 2.24) is 9.78 Å². The van der Waals surface area contributed by atoms with Crippen LogP contribution in [0, 0.1) is 12.7 Å². The molecular weight excluding hydrogens is 359 g/mol. The van der Waals surface area contributed by atoms with Crippen molar-refractivity contribution in [2.75, 3.05) is 5.73 Å². The fourth-order valence-electron chi connectivity index (χ4n) is 3.47. The Balaban J connectivity index is 1.84. The molecule has 0 spiro atoms. The Bertz CT molecular complexity index is 1100. The van der Waals surface area contributed by atoms with Gasteiger partial charge in [0, 0.05) is 11.1 Å². The number of benzene rings is 2. The minimum absolute atomic E-state index is 0.168. The molecule has 0 bridgehead atoms. The summed E-state index contributed by atoms with van der Waals surface area (Å²) in [6, 6.07) is 8.77. The van der Waals surface area contributed by atoms with E-state index in [1.807, 2.05) is 6.92 Å². The Morgan fingerprint density at radius 3 is 2.39 bits per heavy atom. The van der Waals surface area contributed by atoms with E-state index in [-0.39, 0.29) is 23.1 Å². The Hall–Kier alpha value is -3.48. The van der Waals surface area contributed by atoms with Crippen LogP contribution >= 0.6 is 0 Å². The summed E-state index contributed by atoms with van der Waals surface area (Å²) < 4.78 is 14.6. The molecule has 1 aliphatic rings. The zero-order valence-electron chi connectivity index (χ0n) is 15.3. The highest BCUT2D eigenvalue weighted by atomic mass is 19.1. The Morgan fingerprint density at radius 2 is 1.79 bits per heavy atom. The molecule has 1 aliphatic carbocycles. The molecule has 0 aliphatic heterocycles. The van der Waals surface area contributed by atoms with Crippen LogP contribution in [0.25, 0.3) is 5.69 Å². The minimum atomic E-state index is -0.503. The summed E-state index contributed by atoms with van der Waals surface area (Å²) in [5.74, 6) is -0.886. The molecule has 6 nitrogen and oxygen atoms in total. The van der Waals surface area contributed by atoms with Gasteiger partial charge in [-0.3, -0.25) is 9.59 Å². The van der Waals surface area contributed by atoms with Crippen molar-refractivity contribution in [1.29, 1.82) is 0 Å². The van der Waals surface area contributed by atoms with Crippen LogP contribution in [-0.4, -0.2) is 21.5 Å². The van der Waals surface area contributed by atoms with E-state index >= 15 is 0 Å². The van der Waals surface area contributed by atoms with Crippen LogP contribution in [0.2, 0.25) is 0 Å². The summed E-state index contributed by atoms with van der Waals surface area (Å²) in [5, 5.41) is 4.33. The van der Waals surface area contributed by atoms with Gasteiger partial charge in [0.1, 0.15) is 11.6 Å². The average molecular weight is 378 g/mol. The van der Waals surface area contributed by atoms with Crippen LogP contribution in [0.3, 0.4) is 0 Å². The molecule has 3 aromatic rings. The van der Waals surface area contributed by atoms with E-state index in [1.54, 1.807) is 12.1 Å². The van der Waals surface area contributed by atoms with Gasteiger partial charge in [0.25, 0.3) is 0 Å². The van der Waals surface area contributed by atoms with Crippen molar-refractivity contribution >= 4 is 17.5 Å². The highest BCUT2D eigenvalue weighted by molar-refractivity contribution is 6.11. The number of primary amides is 1. The first-order valence-corrected chi connectivity index (χ1v) is 8.96. The molecule has 1 saturated carbocycles. The largest absolute Gasteiger partial charge is 0.383 e. The van der Waals surface area contributed by atoms with E-state index in [0.717, 1.165) is 24.0 Å². The maximum Gasteiger partial charge on any atom is 0.249 e. The van der Waals surface area contributed by atoms with Crippen molar-refractivity contribution in [2.24, 2.45) is 5.73 Å². The van der Waals surface area contributed by atoms with E-state index < -0.39 is 11.7 Å². The third-order valence-corrected chi connectivity index (χ3v) is 5.04. The summed E-state index contributed by atoms with van der Waals surface area (Å²) in [4.78, 5) is 24.7. The number of carbonyl (C=O) groups is 2. The third-order valence-electron chi connectivity index (χ3n) is 5.04. The van der Waals surface area contributed by atoms with Gasteiger partial charge >= 0.3 is 0 Å². The number of aromatic nitrogens is 2. The lowest BCUT2D eigenvalue weighted by Gasteiger charge is -2.17. The molecule has 28 heavy (non-hydrogen) atoms. The smallest absolute Gasteiger partial charge is 0.249 e. The fourth-order valence-corrected chi connectivity index (χ4v) is 3.47. The van der Waals surface area contributed by atoms with Gasteiger partial charge in [-0.25, -0.2) is 9.07 Å². The normalized spacial score (nSPS) is 13.5. The number of nitrogens with zero attached hydrogens (tertiary/aromatic N) is 2. The number of aryl methyl sites for hydroxylation is 1. The van der Waals surface area contributed by atoms with Gasteiger partial charge in [-0.1, -0.05) is 6.07 Å². The zero-order chi connectivity index (χ0) is 20.0. The SMILES string of the molecule is Cc1ccc(C(N)=O)c(C2CC2)c1-n1ncc(C(=O)c2ccc(F)cc2)c1N. The summed E-state index contributed by atoms with van der Waals surface area (Å²) in [7, 11) is 0. The van der Waals surface area contributed by atoms with Gasteiger partial charge < -0.3 is 11.5 Å². The predicted molar refractivity (Wildman–Crippen MR) is 103 cm³/mol. The van der Waals surface area contributed by atoms with E-state index in [0.29, 0.717) is 16.8 Å². The van der Waals surface area contributed by atoms with Gasteiger partial charge in [-0.15, -0.1) is 0 Å². The number of amides is 1. The van der Waals surface area contributed by atoms with Gasteiger partial charge in [-0.2, -0.15) is 5.10 Å². The van der Waals surface area contributed by atoms with Crippen molar-refractivity contribution in [2.45, 2.75) is 25.7 Å². The molecule has 4 N–H and O–H groups in total. The second kappa shape index (κ2) is 6.60. The first kappa shape index (κ1) is 17.9. The van der Waals surface area contributed by atoms with Crippen molar-refractivity contribution in [3.8, 4) is 5.69 Å². The number of hydrogen-bond acceptors (Lipinski definition) is 4. The molecule has 0 radical (unpaired) electrons. The molecule has 1 amide bonds. The zero-order valence-corrected chi connectivity index (χ0v) is 15.3. The van der Waals surface area contributed by atoms with Crippen LogP contribution in [0.15, 0.2) is 42.6 Å². The molecule has 1 fully saturated rings. The van der Waals surface area contributed by atoms with Crippen molar-refractivity contribution in [3.05, 3.63) is 76.2 Å². The Morgan fingerprint density at radius 1 is 1.11 bits per heavy atom. The first-order valence-electron chi connectivity index (χ1n) is 8.96. The van der Waals surface area contributed by atoms with Gasteiger partial charge in [-0.05, 0) is 67.1 Å². The Kier molecular flexibility index (Phi) is 4.22. The number of halogens is 1. The van der Waals surface area contributed by atoms with E-state index in [4.69, 9.17) is 11.5 Å². The monoisotopic (exact) mass is 378 g/mol. The van der Waals surface area contributed by atoms with Crippen LogP contribution in [0.5, 0.6) is 0 Å².